The van der Waals surface area contributed by atoms with Gasteiger partial charge in [0.1, 0.15) is 11.6 Å². The molecule has 0 aliphatic carbocycles. The van der Waals surface area contributed by atoms with Gasteiger partial charge in [0.2, 0.25) is 10.0 Å². The molecule has 1 amide bonds. The second-order valence-electron chi connectivity index (χ2n) is 5.89. The summed E-state index contributed by atoms with van der Waals surface area (Å²) in [4.78, 5) is 11.8. The van der Waals surface area contributed by atoms with Gasteiger partial charge in [-0.25, -0.2) is 17.5 Å². The average molecular weight is 450 g/mol. The van der Waals surface area contributed by atoms with Crippen LogP contribution >= 0.6 is 0 Å². The van der Waals surface area contributed by atoms with Gasteiger partial charge in [-0.1, -0.05) is 0 Å². The minimum Gasteiger partial charge on any atom is -0.484 e. The van der Waals surface area contributed by atoms with Crippen molar-refractivity contribution in [1.29, 1.82) is 0 Å². The van der Waals surface area contributed by atoms with Crippen LogP contribution in [0.1, 0.15) is 5.56 Å². The zero-order chi connectivity index (χ0) is 22.4. The standard InChI is InChI=1S/C18H18F4N2O5S/c1-28-9-8-23-30(26,27)14-5-3-13(4-6-14)29-11-17(25)24-12-2-7-16(19)15(10-12)18(20,21)22/h2-7,10,23H,8-9,11H2,1H3,(H,24,25). The molecule has 0 unspecified atom stereocenters. The number of carbonyl (C=O) groups excluding carboxylic acids is 1. The van der Waals surface area contributed by atoms with Crippen molar-refractivity contribution in [2.24, 2.45) is 0 Å². The molecule has 2 aromatic carbocycles. The summed E-state index contributed by atoms with van der Waals surface area (Å²) in [6.45, 7) is -0.262. The Morgan fingerprint density at radius 3 is 2.37 bits per heavy atom. The van der Waals surface area contributed by atoms with Crippen LogP contribution in [0.15, 0.2) is 47.4 Å². The van der Waals surface area contributed by atoms with E-state index in [1.54, 1.807) is 0 Å². The molecule has 0 aromatic heterocycles. The maximum absolute atomic E-state index is 13.3. The van der Waals surface area contributed by atoms with Gasteiger partial charge in [0.05, 0.1) is 17.1 Å². The molecule has 0 saturated heterocycles. The van der Waals surface area contributed by atoms with Crippen LogP contribution in [0.5, 0.6) is 5.75 Å². The second-order valence-corrected chi connectivity index (χ2v) is 7.66. The smallest absolute Gasteiger partial charge is 0.419 e. The Balaban J connectivity index is 1.94. The molecule has 0 aliphatic heterocycles. The molecule has 2 aromatic rings. The van der Waals surface area contributed by atoms with E-state index in [2.05, 4.69) is 10.0 Å². The van der Waals surface area contributed by atoms with E-state index in [1.165, 1.54) is 31.4 Å². The summed E-state index contributed by atoms with van der Waals surface area (Å²) in [5.74, 6) is -2.08. The van der Waals surface area contributed by atoms with Crippen molar-refractivity contribution in [1.82, 2.24) is 4.72 Å². The van der Waals surface area contributed by atoms with Crippen molar-refractivity contribution in [2.75, 3.05) is 32.2 Å². The van der Waals surface area contributed by atoms with E-state index in [1.807, 2.05) is 0 Å². The lowest BCUT2D eigenvalue weighted by atomic mass is 10.2. The summed E-state index contributed by atoms with van der Waals surface area (Å²) in [6.07, 6.45) is -4.90. The molecule has 12 heteroatoms. The minimum atomic E-state index is -4.90. The lowest BCUT2D eigenvalue weighted by Gasteiger charge is -2.12. The first-order chi connectivity index (χ1) is 14.0. The summed E-state index contributed by atoms with van der Waals surface area (Å²) in [6, 6.07) is 7.22. The number of halogens is 4. The van der Waals surface area contributed by atoms with Crippen LogP contribution in [0.25, 0.3) is 0 Å². The van der Waals surface area contributed by atoms with Gasteiger partial charge < -0.3 is 14.8 Å². The zero-order valence-corrected chi connectivity index (χ0v) is 16.4. The maximum atomic E-state index is 13.3. The topological polar surface area (TPSA) is 93.7 Å². The number of carbonyl (C=O) groups is 1. The molecule has 0 saturated carbocycles. The first kappa shape index (κ1) is 23.6. The third-order valence-corrected chi connectivity index (χ3v) is 5.13. The minimum absolute atomic E-state index is 0.0265. The number of alkyl halides is 3. The predicted octanol–water partition coefficient (Wildman–Crippen LogP) is 2.79. The van der Waals surface area contributed by atoms with Crippen LogP contribution in [-0.2, 0) is 25.7 Å². The Bertz CT molecular complexity index is 979. The fourth-order valence-corrected chi connectivity index (χ4v) is 3.26. The lowest BCUT2D eigenvalue weighted by molar-refractivity contribution is -0.140. The zero-order valence-electron chi connectivity index (χ0n) is 15.6. The molecule has 0 bridgehead atoms. The first-order valence-electron chi connectivity index (χ1n) is 8.41. The van der Waals surface area contributed by atoms with Crippen LogP contribution in [-0.4, -0.2) is 41.2 Å². The van der Waals surface area contributed by atoms with Gasteiger partial charge in [0.25, 0.3) is 5.91 Å². The molecule has 7 nitrogen and oxygen atoms in total. The van der Waals surface area contributed by atoms with Crippen LogP contribution in [0, 0.1) is 5.82 Å². The number of hydrogen-bond donors (Lipinski definition) is 2. The highest BCUT2D eigenvalue weighted by Gasteiger charge is 2.34. The summed E-state index contributed by atoms with van der Waals surface area (Å²) in [5, 5.41) is 2.17. The van der Waals surface area contributed by atoms with Gasteiger partial charge in [0.15, 0.2) is 6.61 Å². The van der Waals surface area contributed by atoms with Gasteiger partial charge >= 0.3 is 6.18 Å². The molecule has 0 heterocycles. The molecule has 164 valence electrons. The summed E-state index contributed by atoms with van der Waals surface area (Å²) in [5.41, 5.74) is -1.75. The molecule has 0 aliphatic rings. The van der Waals surface area contributed by atoms with Crippen LogP contribution in [0.4, 0.5) is 23.2 Å². The van der Waals surface area contributed by atoms with Gasteiger partial charge in [0, 0.05) is 19.3 Å². The third kappa shape index (κ3) is 6.68. The molecule has 2 N–H and O–H groups in total. The van der Waals surface area contributed by atoms with E-state index >= 15 is 0 Å². The fraction of sp³-hybridized carbons (Fsp3) is 0.278. The van der Waals surface area contributed by atoms with Crippen LogP contribution in [0.2, 0.25) is 0 Å². The SMILES string of the molecule is COCCNS(=O)(=O)c1ccc(OCC(=O)Nc2ccc(F)c(C(F)(F)F)c2)cc1. The van der Waals surface area contributed by atoms with E-state index in [4.69, 9.17) is 9.47 Å². The van der Waals surface area contributed by atoms with E-state index in [9.17, 15) is 30.8 Å². The summed E-state index contributed by atoms with van der Waals surface area (Å²) >= 11 is 0. The highest BCUT2D eigenvalue weighted by atomic mass is 32.2. The maximum Gasteiger partial charge on any atom is 0.419 e. The number of benzene rings is 2. The quantitative estimate of drug-likeness (QED) is 0.453. The molecular weight excluding hydrogens is 432 g/mol. The van der Waals surface area contributed by atoms with Gasteiger partial charge in [-0.3, -0.25) is 4.79 Å². The Morgan fingerprint density at radius 1 is 1.10 bits per heavy atom. The van der Waals surface area contributed by atoms with Gasteiger partial charge in [-0.05, 0) is 42.5 Å². The number of sulfonamides is 1. The van der Waals surface area contributed by atoms with Crippen molar-refractivity contribution in [3.8, 4) is 5.75 Å². The van der Waals surface area contributed by atoms with Crippen molar-refractivity contribution in [3.05, 3.63) is 53.8 Å². The van der Waals surface area contributed by atoms with Gasteiger partial charge in [-0.2, -0.15) is 13.2 Å². The fourth-order valence-electron chi connectivity index (χ4n) is 2.24. The Labute approximate surface area is 170 Å². The van der Waals surface area contributed by atoms with E-state index in [0.717, 1.165) is 6.07 Å². The molecule has 2 rings (SSSR count). The Hall–Kier alpha value is -2.70. The second kappa shape index (κ2) is 9.87. The van der Waals surface area contributed by atoms with Crippen molar-refractivity contribution < 1.29 is 40.2 Å². The number of methoxy groups -OCH3 is 1. The molecule has 0 atom stereocenters. The molecule has 0 radical (unpaired) electrons. The molecule has 0 fully saturated rings. The average Bonchev–Trinajstić information content (AvgIpc) is 2.67. The Kier molecular flexibility index (Phi) is 7.76. The number of ether oxygens (including phenoxy) is 2. The molecular formula is C18H18F4N2O5S. The summed E-state index contributed by atoms with van der Waals surface area (Å²) < 4.78 is 87.7. The summed E-state index contributed by atoms with van der Waals surface area (Å²) in [7, 11) is -2.30. The number of rotatable bonds is 9. The molecule has 0 spiro atoms. The van der Waals surface area contributed by atoms with Crippen LogP contribution < -0.4 is 14.8 Å². The number of amides is 1. The van der Waals surface area contributed by atoms with Crippen molar-refractivity contribution in [2.45, 2.75) is 11.1 Å². The van der Waals surface area contributed by atoms with E-state index in [-0.39, 0.29) is 29.5 Å². The first-order valence-corrected chi connectivity index (χ1v) is 9.89. The van der Waals surface area contributed by atoms with Crippen molar-refractivity contribution in [3.63, 3.8) is 0 Å². The number of hydrogen-bond acceptors (Lipinski definition) is 5. The van der Waals surface area contributed by atoms with Crippen molar-refractivity contribution >= 4 is 21.6 Å². The van der Waals surface area contributed by atoms with E-state index < -0.39 is 40.1 Å². The predicted molar refractivity (Wildman–Crippen MR) is 99.0 cm³/mol. The third-order valence-electron chi connectivity index (χ3n) is 3.66. The normalized spacial score (nSPS) is 11.9. The van der Waals surface area contributed by atoms with Crippen LogP contribution in [0.3, 0.4) is 0 Å². The largest absolute Gasteiger partial charge is 0.484 e. The highest BCUT2D eigenvalue weighted by molar-refractivity contribution is 7.89. The van der Waals surface area contributed by atoms with Gasteiger partial charge in [-0.15, -0.1) is 0 Å². The molecule has 30 heavy (non-hydrogen) atoms. The lowest BCUT2D eigenvalue weighted by Crippen LogP contribution is -2.27. The highest BCUT2D eigenvalue weighted by Crippen LogP contribution is 2.33. The monoisotopic (exact) mass is 450 g/mol. The Morgan fingerprint density at radius 2 is 1.77 bits per heavy atom. The number of nitrogens with one attached hydrogen (secondary N) is 2. The number of anilines is 1. The van der Waals surface area contributed by atoms with E-state index in [0.29, 0.717) is 12.1 Å².